The summed E-state index contributed by atoms with van der Waals surface area (Å²) < 4.78 is 4.95. The van der Waals surface area contributed by atoms with Crippen molar-refractivity contribution >= 4 is 11.9 Å². The molecule has 0 saturated heterocycles. The lowest BCUT2D eigenvalue weighted by molar-refractivity contribution is 0.0525. The normalized spacial score (nSPS) is 14.6. The van der Waals surface area contributed by atoms with Crippen LogP contribution in [0.4, 0.5) is 5.95 Å². The first-order valence-electron chi connectivity index (χ1n) is 8.98. The third-order valence-electron chi connectivity index (χ3n) is 4.38. The van der Waals surface area contributed by atoms with E-state index in [2.05, 4.69) is 46.5 Å². The number of aromatic nitrogens is 2. The first-order chi connectivity index (χ1) is 12.1. The van der Waals surface area contributed by atoms with Crippen LogP contribution in [0.2, 0.25) is 0 Å². The van der Waals surface area contributed by atoms with Gasteiger partial charge in [0.25, 0.3) is 0 Å². The van der Waals surface area contributed by atoms with Crippen LogP contribution in [0.3, 0.4) is 0 Å². The second-order valence-electron chi connectivity index (χ2n) is 5.89. The zero-order valence-corrected chi connectivity index (χ0v) is 15.5. The second-order valence-corrected chi connectivity index (χ2v) is 5.89. The third kappa shape index (κ3) is 4.16. The van der Waals surface area contributed by atoms with Crippen molar-refractivity contribution in [3.8, 4) is 0 Å². The molecule has 3 rings (SSSR count). The highest BCUT2D eigenvalue weighted by Gasteiger charge is 2.40. The Balaban J connectivity index is 0.00000109. The maximum Gasteiger partial charge on any atom is 0.341 e. The Morgan fingerprint density at radius 2 is 1.84 bits per heavy atom. The summed E-state index contributed by atoms with van der Waals surface area (Å²) in [6, 6.07) is 8.40. The predicted molar refractivity (Wildman–Crippen MR) is 99.7 cm³/mol. The van der Waals surface area contributed by atoms with Crippen LogP contribution in [0.5, 0.6) is 0 Å². The monoisotopic (exact) mass is 341 g/mol. The molecular formula is C20H27N3O2. The van der Waals surface area contributed by atoms with E-state index in [4.69, 9.17) is 4.74 Å². The Hall–Kier alpha value is -2.43. The lowest BCUT2D eigenvalue weighted by Crippen LogP contribution is -2.43. The quantitative estimate of drug-likeness (QED) is 0.812. The van der Waals surface area contributed by atoms with Gasteiger partial charge in [-0.3, -0.25) is 0 Å². The number of aryl methyl sites for hydroxylation is 1. The number of benzene rings is 1. The van der Waals surface area contributed by atoms with Crippen molar-refractivity contribution in [2.45, 2.75) is 52.5 Å². The lowest BCUT2D eigenvalue weighted by atomic mass is 9.70. The van der Waals surface area contributed by atoms with E-state index in [1.54, 1.807) is 6.92 Å². The van der Waals surface area contributed by atoms with Crippen molar-refractivity contribution in [2.75, 3.05) is 11.9 Å². The molecule has 1 heterocycles. The fraction of sp³-hybridized carbons (Fsp3) is 0.450. The minimum Gasteiger partial charge on any atom is -0.462 e. The van der Waals surface area contributed by atoms with Gasteiger partial charge in [0, 0.05) is 12.4 Å². The minimum absolute atomic E-state index is 0.100. The molecule has 0 atom stereocenters. The largest absolute Gasteiger partial charge is 0.462 e. The highest BCUT2D eigenvalue weighted by Crippen LogP contribution is 2.44. The molecule has 1 fully saturated rings. The van der Waals surface area contributed by atoms with E-state index >= 15 is 0 Å². The lowest BCUT2D eigenvalue weighted by Gasteiger charge is -2.44. The van der Waals surface area contributed by atoms with Crippen LogP contribution in [-0.4, -0.2) is 22.5 Å². The van der Waals surface area contributed by atoms with Gasteiger partial charge < -0.3 is 10.1 Å². The zero-order chi connectivity index (χ0) is 18.3. The molecule has 1 aliphatic rings. The summed E-state index contributed by atoms with van der Waals surface area (Å²) in [6.45, 7) is 8.24. The van der Waals surface area contributed by atoms with Crippen molar-refractivity contribution < 1.29 is 9.53 Å². The SMILES string of the molecule is CC.CCOC(=O)c1cnc(NC2(c3ccccc3C)CCC2)nc1. The molecule has 5 nitrogen and oxygen atoms in total. The second kappa shape index (κ2) is 8.60. The summed E-state index contributed by atoms with van der Waals surface area (Å²) in [5, 5.41) is 3.47. The number of ether oxygens (including phenoxy) is 1. The van der Waals surface area contributed by atoms with Crippen LogP contribution in [-0.2, 0) is 10.3 Å². The van der Waals surface area contributed by atoms with E-state index in [0.717, 1.165) is 12.8 Å². The molecular weight excluding hydrogens is 314 g/mol. The van der Waals surface area contributed by atoms with Crippen LogP contribution in [0.25, 0.3) is 0 Å². The number of carbonyl (C=O) groups excluding carboxylic acids is 1. The van der Waals surface area contributed by atoms with Crippen molar-refractivity contribution in [3.63, 3.8) is 0 Å². The predicted octanol–water partition coefficient (Wildman–Crippen LogP) is 4.48. The number of rotatable bonds is 5. The molecule has 134 valence electrons. The number of hydrogen-bond acceptors (Lipinski definition) is 5. The first kappa shape index (κ1) is 18.9. The van der Waals surface area contributed by atoms with E-state index in [-0.39, 0.29) is 5.54 Å². The van der Waals surface area contributed by atoms with Crippen molar-refractivity contribution in [1.82, 2.24) is 9.97 Å². The van der Waals surface area contributed by atoms with Gasteiger partial charge in [-0.05, 0) is 44.2 Å². The summed E-state index contributed by atoms with van der Waals surface area (Å²) in [5.41, 5.74) is 2.83. The fourth-order valence-electron chi connectivity index (χ4n) is 3.03. The average molecular weight is 341 g/mol. The molecule has 0 unspecified atom stereocenters. The Morgan fingerprint density at radius 1 is 1.20 bits per heavy atom. The van der Waals surface area contributed by atoms with E-state index in [1.807, 2.05) is 13.8 Å². The maximum absolute atomic E-state index is 11.7. The molecule has 1 saturated carbocycles. The molecule has 0 amide bonds. The van der Waals surface area contributed by atoms with Gasteiger partial charge in [0.2, 0.25) is 5.95 Å². The highest BCUT2D eigenvalue weighted by atomic mass is 16.5. The number of esters is 1. The third-order valence-corrected chi connectivity index (χ3v) is 4.38. The number of nitrogens with one attached hydrogen (secondary N) is 1. The van der Waals surface area contributed by atoms with Crippen LogP contribution in [0.15, 0.2) is 36.7 Å². The fourth-order valence-corrected chi connectivity index (χ4v) is 3.03. The van der Waals surface area contributed by atoms with Gasteiger partial charge in [-0.2, -0.15) is 0 Å². The van der Waals surface area contributed by atoms with Gasteiger partial charge >= 0.3 is 5.97 Å². The van der Waals surface area contributed by atoms with Gasteiger partial charge in [-0.1, -0.05) is 38.1 Å². The Kier molecular flexibility index (Phi) is 6.51. The van der Waals surface area contributed by atoms with Gasteiger partial charge in [-0.25, -0.2) is 14.8 Å². The van der Waals surface area contributed by atoms with Gasteiger partial charge in [-0.15, -0.1) is 0 Å². The first-order valence-corrected chi connectivity index (χ1v) is 8.98. The average Bonchev–Trinajstić information content (AvgIpc) is 2.61. The maximum atomic E-state index is 11.7. The smallest absolute Gasteiger partial charge is 0.341 e. The van der Waals surface area contributed by atoms with Gasteiger partial charge in [0.1, 0.15) is 0 Å². The molecule has 0 radical (unpaired) electrons. The molecule has 0 aliphatic heterocycles. The topological polar surface area (TPSA) is 64.1 Å². The van der Waals surface area contributed by atoms with Crippen LogP contribution in [0, 0.1) is 6.92 Å². The van der Waals surface area contributed by atoms with Crippen molar-refractivity contribution in [2.24, 2.45) is 0 Å². The molecule has 1 aromatic carbocycles. The van der Waals surface area contributed by atoms with E-state index < -0.39 is 5.97 Å². The van der Waals surface area contributed by atoms with Crippen molar-refractivity contribution in [3.05, 3.63) is 53.3 Å². The Labute approximate surface area is 149 Å². The van der Waals surface area contributed by atoms with E-state index in [0.29, 0.717) is 18.1 Å². The van der Waals surface area contributed by atoms with Crippen molar-refractivity contribution in [1.29, 1.82) is 0 Å². The zero-order valence-electron chi connectivity index (χ0n) is 15.5. The minimum atomic E-state index is -0.392. The number of carbonyl (C=O) groups is 1. The number of hydrogen-bond donors (Lipinski definition) is 1. The van der Waals surface area contributed by atoms with Crippen LogP contribution < -0.4 is 5.32 Å². The van der Waals surface area contributed by atoms with Crippen LogP contribution in [0.1, 0.15) is 61.5 Å². The molecule has 0 bridgehead atoms. The van der Waals surface area contributed by atoms with E-state index in [1.165, 1.54) is 29.9 Å². The van der Waals surface area contributed by atoms with Gasteiger partial charge in [0.05, 0.1) is 17.7 Å². The highest BCUT2D eigenvalue weighted by molar-refractivity contribution is 5.88. The summed E-state index contributed by atoms with van der Waals surface area (Å²) in [5.74, 6) is 0.150. The summed E-state index contributed by atoms with van der Waals surface area (Å²) >= 11 is 0. The molecule has 5 heteroatoms. The summed E-state index contributed by atoms with van der Waals surface area (Å²) in [6.07, 6.45) is 6.32. The summed E-state index contributed by atoms with van der Waals surface area (Å²) in [7, 11) is 0. The molecule has 0 spiro atoms. The Morgan fingerprint density at radius 3 is 2.36 bits per heavy atom. The number of nitrogens with zero attached hydrogens (tertiary/aromatic N) is 2. The van der Waals surface area contributed by atoms with Gasteiger partial charge in [0.15, 0.2) is 0 Å². The molecule has 1 aromatic heterocycles. The molecule has 25 heavy (non-hydrogen) atoms. The summed E-state index contributed by atoms with van der Waals surface area (Å²) in [4.78, 5) is 20.2. The standard InChI is InChI=1S/C18H21N3O2.C2H6/c1-3-23-16(22)14-11-19-17(20-12-14)21-18(9-6-10-18)15-8-5-4-7-13(15)2;1-2/h4-5,7-8,11-12H,3,6,9-10H2,1-2H3,(H,19,20,21);1-2H3. The Bertz CT molecular complexity index is 694. The molecule has 1 aliphatic carbocycles. The van der Waals surface area contributed by atoms with E-state index in [9.17, 15) is 4.79 Å². The molecule has 1 N–H and O–H groups in total. The molecule has 2 aromatic rings. The number of anilines is 1. The van der Waals surface area contributed by atoms with Crippen LogP contribution >= 0.6 is 0 Å².